The Bertz CT molecular complexity index is 997. The van der Waals surface area contributed by atoms with Crippen molar-refractivity contribution < 1.29 is 14.5 Å². The van der Waals surface area contributed by atoms with Crippen molar-refractivity contribution in [3.8, 4) is 11.5 Å². The maximum atomic E-state index is 12.4. The minimum atomic E-state index is -0.536. The molecule has 0 radical (unpaired) electrons. The second kappa shape index (κ2) is 7.69. The number of amides is 1. The molecule has 8 nitrogen and oxygen atoms in total. The molecule has 0 saturated heterocycles. The molecule has 3 rings (SSSR count). The van der Waals surface area contributed by atoms with Crippen LogP contribution in [0.25, 0.3) is 0 Å². The molecule has 3 aromatic rings. The second-order valence-electron chi connectivity index (χ2n) is 5.85. The van der Waals surface area contributed by atoms with E-state index in [4.69, 9.17) is 4.74 Å². The minimum Gasteiger partial charge on any atom is -0.457 e. The monoisotopic (exact) mass is 366 g/mol. The molecule has 1 aromatic heterocycles. The maximum Gasteiger partial charge on any atom is 0.276 e. The van der Waals surface area contributed by atoms with Gasteiger partial charge < -0.3 is 10.1 Å². The molecule has 8 heteroatoms. The van der Waals surface area contributed by atoms with Gasteiger partial charge in [-0.25, -0.2) is 0 Å². The number of nitrogens with one attached hydrogen (secondary N) is 1. The van der Waals surface area contributed by atoms with Crippen LogP contribution in [0.5, 0.6) is 11.5 Å². The van der Waals surface area contributed by atoms with Gasteiger partial charge in [0.1, 0.15) is 11.5 Å². The van der Waals surface area contributed by atoms with Crippen LogP contribution in [0, 0.1) is 17.0 Å². The van der Waals surface area contributed by atoms with Gasteiger partial charge in [-0.1, -0.05) is 18.2 Å². The number of carbonyl (C=O) groups is 1. The average Bonchev–Trinajstić information content (AvgIpc) is 3.13. The first-order chi connectivity index (χ1) is 13.0. The van der Waals surface area contributed by atoms with E-state index in [2.05, 4.69) is 10.4 Å². The summed E-state index contributed by atoms with van der Waals surface area (Å²) in [5.41, 5.74) is 1.18. The van der Waals surface area contributed by atoms with Gasteiger partial charge >= 0.3 is 0 Å². The third-order valence-electron chi connectivity index (χ3n) is 3.88. The Labute approximate surface area is 155 Å². The number of nitrogens with zero attached hydrogens (tertiary/aromatic N) is 3. The highest BCUT2D eigenvalue weighted by Gasteiger charge is 2.15. The highest BCUT2D eigenvalue weighted by atomic mass is 16.6. The quantitative estimate of drug-likeness (QED) is 0.521. The molecule has 1 N–H and O–H groups in total. The summed E-state index contributed by atoms with van der Waals surface area (Å²) in [5, 5.41) is 18.0. The molecule has 0 bridgehead atoms. The van der Waals surface area contributed by atoms with Crippen LogP contribution in [-0.4, -0.2) is 20.6 Å². The first kappa shape index (κ1) is 18.1. The standard InChI is InChI=1S/C19H18N4O4/c1-3-22-9-8-17(21-22)19(24)20-14-10-15(23(25)26)12-16(11-14)27-18-7-5-4-6-13(18)2/h4-12H,3H2,1-2H3,(H,20,24). The number of rotatable bonds is 6. The summed E-state index contributed by atoms with van der Waals surface area (Å²) in [7, 11) is 0. The molecule has 0 atom stereocenters. The summed E-state index contributed by atoms with van der Waals surface area (Å²) in [6, 6.07) is 13.0. The molecule has 0 saturated carbocycles. The summed E-state index contributed by atoms with van der Waals surface area (Å²) in [6.07, 6.45) is 1.69. The summed E-state index contributed by atoms with van der Waals surface area (Å²) >= 11 is 0. The van der Waals surface area contributed by atoms with Gasteiger partial charge in [0.25, 0.3) is 11.6 Å². The van der Waals surface area contributed by atoms with E-state index >= 15 is 0 Å². The fourth-order valence-electron chi connectivity index (χ4n) is 2.47. The van der Waals surface area contributed by atoms with Crippen molar-refractivity contribution in [2.45, 2.75) is 20.4 Å². The van der Waals surface area contributed by atoms with Crippen LogP contribution in [-0.2, 0) is 6.54 Å². The summed E-state index contributed by atoms with van der Waals surface area (Å²) < 4.78 is 7.39. The van der Waals surface area contributed by atoms with Crippen LogP contribution in [0.1, 0.15) is 23.0 Å². The van der Waals surface area contributed by atoms with Crippen molar-refractivity contribution in [3.63, 3.8) is 0 Å². The van der Waals surface area contributed by atoms with E-state index in [1.54, 1.807) is 23.0 Å². The molecule has 138 valence electrons. The van der Waals surface area contributed by atoms with Gasteiger partial charge in [-0.15, -0.1) is 0 Å². The number of hydrogen-bond acceptors (Lipinski definition) is 5. The molecule has 0 spiro atoms. The lowest BCUT2D eigenvalue weighted by Gasteiger charge is -2.10. The van der Waals surface area contributed by atoms with Gasteiger partial charge in [-0.05, 0) is 31.5 Å². The Morgan fingerprint density at radius 2 is 2.04 bits per heavy atom. The second-order valence-corrected chi connectivity index (χ2v) is 5.85. The third kappa shape index (κ3) is 4.30. The molecule has 0 unspecified atom stereocenters. The van der Waals surface area contributed by atoms with Crippen LogP contribution in [0.3, 0.4) is 0 Å². The number of carbonyl (C=O) groups excluding carboxylic acids is 1. The van der Waals surface area contributed by atoms with Crippen molar-refractivity contribution in [2.24, 2.45) is 0 Å². The van der Waals surface area contributed by atoms with Gasteiger partial charge in [-0.2, -0.15) is 5.10 Å². The normalized spacial score (nSPS) is 10.4. The lowest BCUT2D eigenvalue weighted by molar-refractivity contribution is -0.384. The number of benzene rings is 2. The molecule has 1 amide bonds. The number of nitro benzene ring substituents is 1. The van der Waals surface area contributed by atoms with E-state index in [0.717, 1.165) is 5.56 Å². The van der Waals surface area contributed by atoms with Gasteiger partial charge in [0.2, 0.25) is 0 Å². The SMILES string of the molecule is CCn1ccc(C(=O)Nc2cc(Oc3ccccc3C)cc([N+](=O)[O-])c2)n1. The lowest BCUT2D eigenvalue weighted by atomic mass is 10.2. The average molecular weight is 366 g/mol. The number of nitro groups is 1. The number of anilines is 1. The van der Waals surface area contributed by atoms with E-state index in [-0.39, 0.29) is 22.8 Å². The van der Waals surface area contributed by atoms with Crippen molar-refractivity contribution in [1.82, 2.24) is 9.78 Å². The number of aryl methyl sites for hydroxylation is 2. The number of aromatic nitrogens is 2. The lowest BCUT2D eigenvalue weighted by Crippen LogP contribution is -2.13. The zero-order chi connectivity index (χ0) is 19.4. The molecule has 27 heavy (non-hydrogen) atoms. The first-order valence-corrected chi connectivity index (χ1v) is 8.34. The van der Waals surface area contributed by atoms with Crippen LogP contribution in [0.15, 0.2) is 54.7 Å². The highest BCUT2D eigenvalue weighted by molar-refractivity contribution is 6.03. The van der Waals surface area contributed by atoms with Crippen molar-refractivity contribution in [2.75, 3.05) is 5.32 Å². The zero-order valence-corrected chi connectivity index (χ0v) is 14.9. The summed E-state index contributed by atoms with van der Waals surface area (Å²) in [5.74, 6) is 0.384. The number of ether oxygens (including phenoxy) is 1. The molecule has 0 aliphatic carbocycles. The molecule has 0 fully saturated rings. The fraction of sp³-hybridized carbons (Fsp3) is 0.158. The predicted octanol–water partition coefficient (Wildman–Crippen LogP) is 4.16. The fourth-order valence-corrected chi connectivity index (χ4v) is 2.47. The van der Waals surface area contributed by atoms with Crippen molar-refractivity contribution in [1.29, 1.82) is 0 Å². The van der Waals surface area contributed by atoms with Crippen molar-refractivity contribution in [3.05, 3.63) is 76.1 Å². The topological polar surface area (TPSA) is 99.3 Å². The highest BCUT2D eigenvalue weighted by Crippen LogP contribution is 2.31. The van der Waals surface area contributed by atoms with Crippen LogP contribution >= 0.6 is 0 Å². The van der Waals surface area contributed by atoms with E-state index in [1.807, 2.05) is 32.0 Å². The Kier molecular flexibility index (Phi) is 5.16. The predicted molar refractivity (Wildman–Crippen MR) is 100 cm³/mol. The van der Waals surface area contributed by atoms with Gasteiger partial charge in [0.15, 0.2) is 5.69 Å². The summed E-state index contributed by atoms with van der Waals surface area (Å²) in [6.45, 7) is 4.42. The molecule has 2 aromatic carbocycles. The molecular weight excluding hydrogens is 348 g/mol. The van der Waals surface area contributed by atoms with Crippen LogP contribution in [0.4, 0.5) is 11.4 Å². The Hall–Kier alpha value is -3.68. The number of hydrogen-bond donors (Lipinski definition) is 1. The van der Waals surface area contributed by atoms with Crippen LogP contribution < -0.4 is 10.1 Å². The van der Waals surface area contributed by atoms with Crippen LogP contribution in [0.2, 0.25) is 0 Å². The van der Waals surface area contributed by atoms with Gasteiger partial charge in [0.05, 0.1) is 16.7 Å². The molecule has 0 aliphatic rings. The Balaban J connectivity index is 1.88. The smallest absolute Gasteiger partial charge is 0.276 e. The first-order valence-electron chi connectivity index (χ1n) is 8.34. The molecular formula is C19H18N4O4. The Morgan fingerprint density at radius 3 is 2.70 bits per heavy atom. The number of para-hydroxylation sites is 1. The van der Waals surface area contributed by atoms with E-state index in [1.165, 1.54) is 18.2 Å². The Morgan fingerprint density at radius 1 is 1.26 bits per heavy atom. The summed E-state index contributed by atoms with van der Waals surface area (Å²) in [4.78, 5) is 23.1. The van der Waals surface area contributed by atoms with Gasteiger partial charge in [0, 0.05) is 24.9 Å². The van der Waals surface area contributed by atoms with E-state index in [0.29, 0.717) is 12.3 Å². The van der Waals surface area contributed by atoms with Gasteiger partial charge in [-0.3, -0.25) is 19.6 Å². The molecule has 0 aliphatic heterocycles. The molecule has 1 heterocycles. The van der Waals surface area contributed by atoms with E-state index in [9.17, 15) is 14.9 Å². The maximum absolute atomic E-state index is 12.4. The zero-order valence-electron chi connectivity index (χ0n) is 14.9. The van der Waals surface area contributed by atoms with Crippen molar-refractivity contribution >= 4 is 17.3 Å². The minimum absolute atomic E-state index is 0.185. The largest absolute Gasteiger partial charge is 0.457 e. The van der Waals surface area contributed by atoms with E-state index < -0.39 is 10.8 Å². The number of non-ortho nitro benzene ring substituents is 1. The third-order valence-corrected chi connectivity index (χ3v) is 3.88.